The summed E-state index contributed by atoms with van der Waals surface area (Å²) in [6.45, 7) is 0. The van der Waals surface area contributed by atoms with Gasteiger partial charge in [0.2, 0.25) is 11.7 Å². The number of amides is 1. The molecule has 1 heterocycles. The number of carbonyl (C=O) groups is 1. The van der Waals surface area contributed by atoms with Gasteiger partial charge in [-0.15, -0.1) is 0 Å². The van der Waals surface area contributed by atoms with Crippen LogP contribution in [0.3, 0.4) is 0 Å². The van der Waals surface area contributed by atoms with Crippen LogP contribution >= 0.6 is 0 Å². The number of nitrogen functional groups attached to an aromatic ring is 1. The van der Waals surface area contributed by atoms with Crippen LogP contribution in [0.25, 0.3) is 0 Å². The normalized spacial score (nSPS) is 13.0. The fourth-order valence-electron chi connectivity index (χ4n) is 2.04. The van der Waals surface area contributed by atoms with E-state index in [0.717, 1.165) is 11.6 Å². The van der Waals surface area contributed by atoms with Crippen molar-refractivity contribution < 1.29 is 18.3 Å². The van der Waals surface area contributed by atoms with E-state index in [2.05, 4.69) is 5.32 Å². The minimum atomic E-state index is -1.09. The molecule has 20 heavy (non-hydrogen) atoms. The summed E-state index contributed by atoms with van der Waals surface area (Å²) in [5.74, 6) is -2.34. The molecule has 102 valence electrons. The zero-order valence-electron chi connectivity index (χ0n) is 10.2. The number of carbonyl (C=O) groups excluding carboxylic acids is 1. The molecule has 3 N–H and O–H groups in total. The maximum atomic E-state index is 13.5. The summed E-state index contributed by atoms with van der Waals surface area (Å²) >= 11 is 0. The van der Waals surface area contributed by atoms with E-state index in [1.165, 1.54) is 18.2 Å². The van der Waals surface area contributed by atoms with Crippen molar-refractivity contribution >= 4 is 17.3 Å². The summed E-state index contributed by atoms with van der Waals surface area (Å²) in [6, 6.07) is 6.71. The number of rotatable bonds is 2. The number of benzene rings is 2. The Morgan fingerprint density at radius 1 is 1.20 bits per heavy atom. The van der Waals surface area contributed by atoms with E-state index in [4.69, 9.17) is 10.5 Å². The summed E-state index contributed by atoms with van der Waals surface area (Å²) < 4.78 is 31.9. The summed E-state index contributed by atoms with van der Waals surface area (Å²) in [6.07, 6.45) is 0.244. The summed E-state index contributed by atoms with van der Waals surface area (Å²) in [7, 11) is 0. The highest BCUT2D eigenvalue weighted by Crippen LogP contribution is 2.36. The predicted molar refractivity (Wildman–Crippen MR) is 69.6 cm³/mol. The van der Waals surface area contributed by atoms with Gasteiger partial charge >= 0.3 is 0 Å². The molecule has 0 spiro atoms. The van der Waals surface area contributed by atoms with Crippen molar-refractivity contribution in [1.82, 2.24) is 0 Å². The molecule has 0 aliphatic carbocycles. The van der Waals surface area contributed by atoms with Crippen molar-refractivity contribution in [3.63, 3.8) is 0 Å². The molecule has 2 aromatic carbocycles. The van der Waals surface area contributed by atoms with Crippen LogP contribution in [-0.4, -0.2) is 5.91 Å². The van der Waals surface area contributed by atoms with Gasteiger partial charge in [0.1, 0.15) is 0 Å². The Morgan fingerprint density at radius 2 is 2.00 bits per heavy atom. The van der Waals surface area contributed by atoms with Gasteiger partial charge in [0.25, 0.3) is 0 Å². The molecule has 0 fully saturated rings. The van der Waals surface area contributed by atoms with Gasteiger partial charge in [-0.3, -0.25) is 4.79 Å². The quantitative estimate of drug-likeness (QED) is 0.829. The molecule has 0 aromatic heterocycles. The van der Waals surface area contributed by atoms with E-state index in [0.29, 0.717) is 5.69 Å². The van der Waals surface area contributed by atoms with Gasteiger partial charge in [-0.1, -0.05) is 6.07 Å². The number of fused-ring (bicyclic) bond motifs is 1. The van der Waals surface area contributed by atoms with Crippen LogP contribution < -0.4 is 15.8 Å². The van der Waals surface area contributed by atoms with Gasteiger partial charge in [0, 0.05) is 11.8 Å². The van der Waals surface area contributed by atoms with Crippen LogP contribution in [0.2, 0.25) is 0 Å². The van der Waals surface area contributed by atoms with E-state index in [9.17, 15) is 13.6 Å². The number of hydrogen-bond donors (Lipinski definition) is 2. The molecule has 0 bridgehead atoms. The first-order valence-corrected chi connectivity index (χ1v) is 5.88. The summed E-state index contributed by atoms with van der Waals surface area (Å²) in [5, 5.41) is 2.63. The van der Waals surface area contributed by atoms with Gasteiger partial charge in [-0.05, 0) is 23.8 Å². The molecular formula is C14H10F2N2O2. The SMILES string of the molecule is Nc1cc2c(cc1Oc1cccc(F)c1F)NC(=O)C2. The Hall–Kier alpha value is -2.63. The minimum absolute atomic E-state index is 0.145. The second kappa shape index (κ2) is 4.48. The molecule has 0 unspecified atom stereocenters. The number of halogens is 2. The molecule has 4 nitrogen and oxygen atoms in total. The van der Waals surface area contributed by atoms with Crippen molar-refractivity contribution in [3.05, 3.63) is 47.5 Å². The van der Waals surface area contributed by atoms with Gasteiger partial charge in [-0.2, -0.15) is 4.39 Å². The highest BCUT2D eigenvalue weighted by molar-refractivity contribution is 6.00. The smallest absolute Gasteiger partial charge is 0.228 e. The first kappa shape index (κ1) is 12.4. The van der Waals surface area contributed by atoms with Gasteiger partial charge in [-0.25, -0.2) is 4.39 Å². The molecule has 0 radical (unpaired) electrons. The van der Waals surface area contributed by atoms with Crippen LogP contribution in [0, 0.1) is 11.6 Å². The fraction of sp³-hybridized carbons (Fsp3) is 0.0714. The van der Waals surface area contributed by atoms with Crippen molar-refractivity contribution in [2.24, 2.45) is 0 Å². The Bertz CT molecular complexity index is 717. The number of nitrogens with two attached hydrogens (primary N) is 1. The number of ether oxygens (including phenoxy) is 1. The largest absolute Gasteiger partial charge is 0.452 e. The molecule has 1 aliphatic rings. The number of hydrogen-bond acceptors (Lipinski definition) is 3. The summed E-state index contributed by atoms with van der Waals surface area (Å²) in [5.41, 5.74) is 7.36. The second-order valence-electron chi connectivity index (χ2n) is 4.43. The average Bonchev–Trinajstić information content (AvgIpc) is 2.74. The lowest BCUT2D eigenvalue weighted by Gasteiger charge is -2.11. The minimum Gasteiger partial charge on any atom is -0.452 e. The summed E-state index contributed by atoms with van der Waals surface area (Å²) in [4.78, 5) is 11.3. The highest BCUT2D eigenvalue weighted by Gasteiger charge is 2.20. The Labute approximate surface area is 113 Å². The van der Waals surface area contributed by atoms with E-state index in [-0.39, 0.29) is 29.5 Å². The van der Waals surface area contributed by atoms with E-state index in [1.807, 2.05) is 0 Å². The molecule has 3 rings (SSSR count). The second-order valence-corrected chi connectivity index (χ2v) is 4.43. The molecule has 1 aliphatic heterocycles. The number of nitrogens with one attached hydrogen (secondary N) is 1. The lowest BCUT2D eigenvalue weighted by Crippen LogP contribution is -2.03. The maximum Gasteiger partial charge on any atom is 0.228 e. The van der Waals surface area contributed by atoms with Crippen LogP contribution in [0.4, 0.5) is 20.2 Å². The van der Waals surface area contributed by atoms with Gasteiger partial charge in [0.15, 0.2) is 17.3 Å². The van der Waals surface area contributed by atoms with Crippen LogP contribution in [0.15, 0.2) is 30.3 Å². The van der Waals surface area contributed by atoms with E-state index < -0.39 is 11.6 Å². The Kier molecular flexibility index (Phi) is 2.78. The molecule has 6 heteroatoms. The lowest BCUT2D eigenvalue weighted by molar-refractivity contribution is -0.115. The Balaban J connectivity index is 1.98. The third-order valence-electron chi connectivity index (χ3n) is 3.00. The molecule has 2 aromatic rings. The molecule has 0 saturated carbocycles. The first-order chi connectivity index (χ1) is 9.54. The maximum absolute atomic E-state index is 13.5. The van der Waals surface area contributed by atoms with E-state index in [1.54, 1.807) is 6.07 Å². The van der Waals surface area contributed by atoms with Crippen LogP contribution in [0.1, 0.15) is 5.56 Å². The lowest BCUT2D eigenvalue weighted by atomic mass is 10.1. The van der Waals surface area contributed by atoms with Gasteiger partial charge in [0.05, 0.1) is 12.1 Å². The predicted octanol–water partition coefficient (Wildman–Crippen LogP) is 2.83. The standard InChI is InChI=1S/C14H10F2N2O2/c15-8-2-1-3-11(14(8)16)20-12-6-10-7(4-9(12)17)5-13(19)18-10/h1-4,6H,5,17H2,(H,18,19). The third kappa shape index (κ3) is 2.05. The van der Waals surface area contributed by atoms with Gasteiger partial charge < -0.3 is 15.8 Å². The monoisotopic (exact) mass is 276 g/mol. The zero-order valence-corrected chi connectivity index (χ0v) is 10.2. The molecule has 0 saturated heterocycles. The van der Waals surface area contributed by atoms with E-state index >= 15 is 0 Å². The molecular weight excluding hydrogens is 266 g/mol. The average molecular weight is 276 g/mol. The number of anilines is 2. The van der Waals surface area contributed by atoms with Crippen molar-refractivity contribution in [3.8, 4) is 11.5 Å². The zero-order chi connectivity index (χ0) is 14.3. The molecule has 0 atom stereocenters. The Morgan fingerprint density at radius 3 is 2.80 bits per heavy atom. The fourth-order valence-corrected chi connectivity index (χ4v) is 2.04. The van der Waals surface area contributed by atoms with Crippen LogP contribution in [-0.2, 0) is 11.2 Å². The van der Waals surface area contributed by atoms with Crippen molar-refractivity contribution in [2.75, 3.05) is 11.1 Å². The third-order valence-corrected chi connectivity index (χ3v) is 3.00. The van der Waals surface area contributed by atoms with Crippen molar-refractivity contribution in [2.45, 2.75) is 6.42 Å². The van der Waals surface area contributed by atoms with Crippen molar-refractivity contribution in [1.29, 1.82) is 0 Å². The molecule has 1 amide bonds. The van der Waals surface area contributed by atoms with Crippen LogP contribution in [0.5, 0.6) is 11.5 Å². The first-order valence-electron chi connectivity index (χ1n) is 5.88. The topological polar surface area (TPSA) is 64.3 Å². The highest BCUT2D eigenvalue weighted by atomic mass is 19.2.